The molecule has 2 nitrogen and oxygen atoms in total. The molecular formula is C24H39F3O2. The topological polar surface area (TPSA) is 18.5 Å². The van der Waals surface area contributed by atoms with Crippen molar-refractivity contribution in [3.05, 3.63) is 35.1 Å². The average molecular weight is 417 g/mol. The minimum absolute atomic E-state index is 0.168. The van der Waals surface area contributed by atoms with E-state index in [1.165, 1.54) is 32.1 Å². The van der Waals surface area contributed by atoms with Gasteiger partial charge in [0, 0.05) is 25.2 Å². The molecule has 0 aliphatic heterocycles. The molecule has 29 heavy (non-hydrogen) atoms. The quantitative estimate of drug-likeness (QED) is 0.157. The maximum absolute atomic E-state index is 13.9. The van der Waals surface area contributed by atoms with Gasteiger partial charge < -0.3 is 9.47 Å². The predicted molar refractivity (Wildman–Crippen MR) is 112 cm³/mol. The highest BCUT2D eigenvalue weighted by molar-refractivity contribution is 5.20. The predicted octanol–water partition coefficient (Wildman–Crippen LogP) is 7.58. The Labute approximate surface area is 175 Å². The molecule has 0 fully saturated rings. The molecular weight excluding hydrogens is 377 g/mol. The van der Waals surface area contributed by atoms with E-state index in [0.29, 0.717) is 32.1 Å². The summed E-state index contributed by atoms with van der Waals surface area (Å²) in [6.07, 6.45) is 10.1. The summed E-state index contributed by atoms with van der Waals surface area (Å²) in [6.45, 7) is 9.22. The average Bonchev–Trinajstić information content (AvgIpc) is 2.67. The second-order valence-corrected chi connectivity index (χ2v) is 7.89. The van der Waals surface area contributed by atoms with Gasteiger partial charge in [0.25, 0.3) is 0 Å². The molecule has 0 saturated heterocycles. The van der Waals surface area contributed by atoms with Crippen LogP contribution in [0.15, 0.2) is 12.1 Å². The molecule has 1 unspecified atom stereocenters. The molecule has 1 aromatic carbocycles. The van der Waals surface area contributed by atoms with E-state index in [9.17, 15) is 13.2 Å². The molecule has 0 spiro atoms. The van der Waals surface area contributed by atoms with E-state index in [-0.39, 0.29) is 11.5 Å². The van der Waals surface area contributed by atoms with Crippen LogP contribution in [0.25, 0.3) is 0 Å². The number of hydrogen-bond acceptors (Lipinski definition) is 2. The number of halogens is 3. The number of unbranched alkanes of at least 4 members (excludes halogenated alkanes) is 5. The molecule has 5 heteroatoms. The first-order valence-corrected chi connectivity index (χ1v) is 11.3. The maximum Gasteiger partial charge on any atom is 0.168 e. The van der Waals surface area contributed by atoms with Crippen molar-refractivity contribution in [2.24, 2.45) is 5.92 Å². The monoisotopic (exact) mass is 416 g/mol. The molecule has 1 atom stereocenters. The first kappa shape index (κ1) is 26.0. The summed E-state index contributed by atoms with van der Waals surface area (Å²) in [5.74, 6) is -3.35. The lowest BCUT2D eigenvalue weighted by Crippen LogP contribution is -2.41. The fourth-order valence-corrected chi connectivity index (χ4v) is 3.98. The molecule has 0 aliphatic rings. The van der Waals surface area contributed by atoms with Crippen molar-refractivity contribution < 1.29 is 22.6 Å². The van der Waals surface area contributed by atoms with Crippen LogP contribution < -0.4 is 0 Å². The van der Waals surface area contributed by atoms with Crippen LogP contribution >= 0.6 is 0 Å². The minimum Gasteiger partial charge on any atom is -0.350 e. The number of hydrogen-bond donors (Lipinski definition) is 0. The summed E-state index contributed by atoms with van der Waals surface area (Å²) in [4.78, 5) is 0. The van der Waals surface area contributed by atoms with Gasteiger partial charge in [0.05, 0.1) is 0 Å². The van der Waals surface area contributed by atoms with E-state index in [1.807, 2.05) is 20.8 Å². The highest BCUT2D eigenvalue weighted by atomic mass is 19.2. The van der Waals surface area contributed by atoms with Crippen molar-refractivity contribution in [1.29, 1.82) is 0 Å². The smallest absolute Gasteiger partial charge is 0.168 e. The molecule has 1 rings (SSSR count). The van der Waals surface area contributed by atoms with Gasteiger partial charge in [-0.3, -0.25) is 0 Å². The van der Waals surface area contributed by atoms with Gasteiger partial charge in [0.2, 0.25) is 0 Å². The summed E-state index contributed by atoms with van der Waals surface area (Å²) in [5.41, 5.74) is 0.219. The van der Waals surface area contributed by atoms with Gasteiger partial charge in [-0.2, -0.15) is 0 Å². The van der Waals surface area contributed by atoms with Gasteiger partial charge >= 0.3 is 0 Å². The lowest BCUT2D eigenvalue weighted by Gasteiger charge is -2.37. The zero-order valence-electron chi connectivity index (χ0n) is 18.7. The van der Waals surface area contributed by atoms with Crippen LogP contribution in [0.3, 0.4) is 0 Å². The molecule has 0 saturated carbocycles. The van der Waals surface area contributed by atoms with Gasteiger partial charge in [-0.25, -0.2) is 13.2 Å². The highest BCUT2D eigenvalue weighted by Crippen LogP contribution is 2.33. The van der Waals surface area contributed by atoms with Crippen LogP contribution in [0.5, 0.6) is 0 Å². The van der Waals surface area contributed by atoms with E-state index in [0.717, 1.165) is 25.3 Å². The Morgan fingerprint density at radius 1 is 0.759 bits per heavy atom. The summed E-state index contributed by atoms with van der Waals surface area (Å²) in [6, 6.07) is 1.60. The van der Waals surface area contributed by atoms with Crippen LogP contribution in [-0.2, 0) is 15.9 Å². The molecule has 0 aliphatic carbocycles. The van der Waals surface area contributed by atoms with Gasteiger partial charge in [-0.05, 0) is 58.1 Å². The van der Waals surface area contributed by atoms with Gasteiger partial charge in [0.1, 0.15) is 5.82 Å². The SMILES string of the molecule is CCCCCCCCC(CCCc1cc(F)c(F)cc1F)C(C)(OCC)OCC. The molecule has 0 aromatic heterocycles. The number of rotatable bonds is 16. The van der Waals surface area contributed by atoms with Crippen LogP contribution in [0.2, 0.25) is 0 Å². The second-order valence-electron chi connectivity index (χ2n) is 7.89. The van der Waals surface area contributed by atoms with Gasteiger partial charge in [0.15, 0.2) is 17.4 Å². The molecule has 1 aromatic rings. The number of aryl methyl sites for hydroxylation is 1. The lowest BCUT2D eigenvalue weighted by atomic mass is 9.87. The van der Waals surface area contributed by atoms with Crippen molar-refractivity contribution in [2.45, 2.75) is 97.7 Å². The van der Waals surface area contributed by atoms with Gasteiger partial charge in [-0.15, -0.1) is 0 Å². The van der Waals surface area contributed by atoms with Crippen molar-refractivity contribution >= 4 is 0 Å². The lowest BCUT2D eigenvalue weighted by molar-refractivity contribution is -0.254. The van der Waals surface area contributed by atoms with Crippen LogP contribution in [0.1, 0.15) is 91.0 Å². The standard InChI is InChI=1S/C24H39F3O2/c1-5-8-9-10-11-12-15-20(24(4,28-6-2)29-7-3)16-13-14-19-17-22(26)23(27)18-21(19)25/h17-18,20H,5-16H2,1-4H3. The van der Waals surface area contributed by atoms with Crippen molar-refractivity contribution in [3.63, 3.8) is 0 Å². The fraction of sp³-hybridized carbons (Fsp3) is 0.750. The van der Waals surface area contributed by atoms with Crippen LogP contribution in [0, 0.1) is 23.4 Å². The molecule has 168 valence electrons. The third-order valence-electron chi connectivity index (χ3n) is 5.60. The second kappa shape index (κ2) is 14.0. The van der Waals surface area contributed by atoms with Crippen LogP contribution in [-0.4, -0.2) is 19.0 Å². The zero-order chi connectivity index (χ0) is 21.7. The first-order valence-electron chi connectivity index (χ1n) is 11.3. The normalized spacial score (nSPS) is 13.1. The van der Waals surface area contributed by atoms with Crippen molar-refractivity contribution in [3.8, 4) is 0 Å². The number of benzene rings is 1. The van der Waals surface area contributed by atoms with E-state index < -0.39 is 23.2 Å². The van der Waals surface area contributed by atoms with Crippen molar-refractivity contribution in [2.75, 3.05) is 13.2 Å². The first-order chi connectivity index (χ1) is 13.9. The maximum atomic E-state index is 13.9. The van der Waals surface area contributed by atoms with Crippen LogP contribution in [0.4, 0.5) is 13.2 Å². The molecule has 0 radical (unpaired) electrons. The molecule has 0 N–H and O–H groups in total. The Hall–Kier alpha value is -1.07. The molecule has 0 amide bonds. The Morgan fingerprint density at radius 2 is 1.31 bits per heavy atom. The number of ether oxygens (including phenoxy) is 2. The Morgan fingerprint density at radius 3 is 1.93 bits per heavy atom. The highest BCUT2D eigenvalue weighted by Gasteiger charge is 2.35. The fourth-order valence-electron chi connectivity index (χ4n) is 3.98. The summed E-state index contributed by atoms with van der Waals surface area (Å²) >= 11 is 0. The Balaban J connectivity index is 2.70. The van der Waals surface area contributed by atoms with Gasteiger partial charge in [-0.1, -0.05) is 45.4 Å². The van der Waals surface area contributed by atoms with E-state index in [2.05, 4.69) is 6.92 Å². The molecule has 0 bridgehead atoms. The Kier molecular flexibility index (Phi) is 12.6. The zero-order valence-corrected chi connectivity index (χ0v) is 18.7. The third-order valence-corrected chi connectivity index (χ3v) is 5.60. The summed E-state index contributed by atoms with van der Waals surface area (Å²) in [7, 11) is 0. The summed E-state index contributed by atoms with van der Waals surface area (Å²) in [5, 5.41) is 0. The third kappa shape index (κ3) is 9.08. The summed E-state index contributed by atoms with van der Waals surface area (Å²) < 4.78 is 52.5. The van der Waals surface area contributed by atoms with E-state index in [1.54, 1.807) is 0 Å². The largest absolute Gasteiger partial charge is 0.350 e. The van der Waals surface area contributed by atoms with E-state index in [4.69, 9.17) is 9.47 Å². The van der Waals surface area contributed by atoms with E-state index >= 15 is 0 Å². The molecule has 0 heterocycles. The minimum atomic E-state index is -1.15. The van der Waals surface area contributed by atoms with Crippen molar-refractivity contribution in [1.82, 2.24) is 0 Å². The Bertz CT molecular complexity index is 571.